The van der Waals surface area contributed by atoms with Gasteiger partial charge < -0.3 is 5.11 Å². The Morgan fingerprint density at radius 3 is 1.77 bits per heavy atom. The summed E-state index contributed by atoms with van der Waals surface area (Å²) in [5.74, 6) is 1.09. The number of hydrogen-bond donors (Lipinski definition) is 1. The van der Waals surface area contributed by atoms with E-state index in [0.29, 0.717) is 5.56 Å². The summed E-state index contributed by atoms with van der Waals surface area (Å²) < 4.78 is 0. The smallest absolute Gasteiger partial charge is 0.0102 e. The fourth-order valence-electron chi connectivity index (χ4n) is 0.511. The second kappa shape index (κ2) is 8.19. The summed E-state index contributed by atoms with van der Waals surface area (Å²) in [7, 11) is 0. The standard InChI is InChI=1S/C7H7O.C4H10.W/c1-6-4-2-3-5-7(6)8;1-4(2)3;/h2-5,8H,1H2;4H,1-3H3;/q-1;;. The molecule has 74 valence electrons. The van der Waals surface area contributed by atoms with Gasteiger partial charge in [0.05, 0.1) is 0 Å². The van der Waals surface area contributed by atoms with Gasteiger partial charge >= 0.3 is 0 Å². The Morgan fingerprint density at radius 2 is 1.54 bits per heavy atom. The van der Waals surface area contributed by atoms with E-state index in [4.69, 9.17) is 5.11 Å². The molecular formula is C11H17OW-. The van der Waals surface area contributed by atoms with E-state index in [1.807, 2.05) is 6.07 Å². The zero-order chi connectivity index (χ0) is 9.56. The van der Waals surface area contributed by atoms with Crippen molar-refractivity contribution in [3.8, 4) is 5.75 Å². The van der Waals surface area contributed by atoms with Crippen molar-refractivity contribution < 1.29 is 26.2 Å². The molecular weight excluding hydrogens is 332 g/mol. The molecule has 0 fully saturated rings. The molecule has 0 saturated heterocycles. The first kappa shape index (κ1) is 15.1. The molecule has 0 aliphatic heterocycles. The molecule has 0 saturated carbocycles. The molecule has 0 heterocycles. The van der Waals surface area contributed by atoms with E-state index in [1.165, 1.54) is 0 Å². The maximum atomic E-state index is 8.86. The topological polar surface area (TPSA) is 20.2 Å². The van der Waals surface area contributed by atoms with Gasteiger partial charge in [0.25, 0.3) is 0 Å². The van der Waals surface area contributed by atoms with Crippen LogP contribution >= 0.6 is 0 Å². The van der Waals surface area contributed by atoms with Gasteiger partial charge in [0, 0.05) is 26.8 Å². The fourth-order valence-corrected chi connectivity index (χ4v) is 0.511. The number of phenols is 1. The van der Waals surface area contributed by atoms with E-state index in [9.17, 15) is 0 Å². The predicted octanol–water partition coefficient (Wildman–Crippen LogP) is 3.23. The minimum atomic E-state index is 0. The van der Waals surface area contributed by atoms with Crippen molar-refractivity contribution in [1.82, 2.24) is 0 Å². The summed E-state index contributed by atoms with van der Waals surface area (Å²) in [5.41, 5.74) is 0.674. The van der Waals surface area contributed by atoms with Gasteiger partial charge in [-0.2, -0.15) is 18.6 Å². The van der Waals surface area contributed by atoms with Crippen molar-refractivity contribution >= 4 is 0 Å². The minimum absolute atomic E-state index is 0. The number of benzene rings is 1. The quantitative estimate of drug-likeness (QED) is 0.713. The molecule has 0 aromatic heterocycles. The molecule has 2 heteroatoms. The fraction of sp³-hybridized carbons (Fsp3) is 0.364. The SMILES string of the molecule is CC(C)C.[CH2-]c1ccccc1O.[W]. The van der Waals surface area contributed by atoms with E-state index in [2.05, 4.69) is 27.7 Å². The Bertz CT molecular complexity index is 197. The van der Waals surface area contributed by atoms with Crippen LogP contribution in [0.4, 0.5) is 0 Å². The van der Waals surface area contributed by atoms with Gasteiger partial charge in [0.15, 0.2) is 0 Å². The van der Waals surface area contributed by atoms with Gasteiger partial charge in [-0.1, -0.05) is 32.9 Å². The Hall–Kier alpha value is -0.422. The van der Waals surface area contributed by atoms with Crippen molar-refractivity contribution in [2.24, 2.45) is 5.92 Å². The van der Waals surface area contributed by atoms with Crippen LogP contribution < -0.4 is 0 Å². The molecule has 0 spiro atoms. The molecule has 1 rings (SSSR count). The number of aromatic hydroxyl groups is 1. The Kier molecular flexibility index (Phi) is 9.49. The zero-order valence-corrected chi connectivity index (χ0v) is 11.4. The third-order valence-electron chi connectivity index (χ3n) is 0.992. The largest absolute Gasteiger partial charge is 0.565 e. The average molecular weight is 349 g/mol. The summed E-state index contributed by atoms with van der Waals surface area (Å²) in [6.07, 6.45) is 0. The van der Waals surface area contributed by atoms with Crippen LogP contribution in [0, 0.1) is 12.8 Å². The second-order valence-corrected chi connectivity index (χ2v) is 3.36. The van der Waals surface area contributed by atoms with E-state index in [0.717, 1.165) is 5.92 Å². The molecule has 0 bridgehead atoms. The number of hydrogen-bond acceptors (Lipinski definition) is 1. The molecule has 0 radical (unpaired) electrons. The normalized spacial score (nSPS) is 8.31. The third kappa shape index (κ3) is 9.49. The Morgan fingerprint density at radius 1 is 1.15 bits per heavy atom. The van der Waals surface area contributed by atoms with Crippen LogP contribution in [0.5, 0.6) is 5.75 Å². The number of phenolic OH excluding ortho intramolecular Hbond substituents is 1. The van der Waals surface area contributed by atoms with E-state index >= 15 is 0 Å². The molecule has 0 unspecified atom stereocenters. The van der Waals surface area contributed by atoms with Crippen LogP contribution in [0.15, 0.2) is 24.3 Å². The summed E-state index contributed by atoms with van der Waals surface area (Å²) in [6.45, 7) is 10.1. The van der Waals surface area contributed by atoms with Gasteiger partial charge in [-0.05, 0) is 5.92 Å². The number of rotatable bonds is 0. The Labute approximate surface area is 95.4 Å². The van der Waals surface area contributed by atoms with Gasteiger partial charge in [-0.15, -0.1) is 6.07 Å². The van der Waals surface area contributed by atoms with Crippen molar-refractivity contribution in [3.05, 3.63) is 36.8 Å². The maximum absolute atomic E-state index is 8.86. The molecule has 1 nitrogen and oxygen atoms in total. The van der Waals surface area contributed by atoms with Crippen LogP contribution in [0.1, 0.15) is 26.3 Å². The first-order chi connectivity index (χ1) is 5.54. The van der Waals surface area contributed by atoms with Gasteiger partial charge in [-0.25, -0.2) is 0 Å². The first-order valence-electron chi connectivity index (χ1n) is 4.14. The first-order valence-corrected chi connectivity index (χ1v) is 4.14. The van der Waals surface area contributed by atoms with Gasteiger partial charge in [-0.3, -0.25) is 0 Å². The van der Waals surface area contributed by atoms with Crippen molar-refractivity contribution in [2.75, 3.05) is 0 Å². The van der Waals surface area contributed by atoms with E-state index in [1.54, 1.807) is 18.2 Å². The molecule has 1 aromatic rings. The summed E-state index contributed by atoms with van der Waals surface area (Å²) in [6, 6.07) is 6.98. The van der Waals surface area contributed by atoms with Gasteiger partial charge in [0.1, 0.15) is 0 Å². The van der Waals surface area contributed by atoms with E-state index in [-0.39, 0.29) is 26.8 Å². The molecule has 0 aliphatic rings. The number of para-hydroxylation sites is 1. The minimum Gasteiger partial charge on any atom is -0.565 e. The van der Waals surface area contributed by atoms with Crippen molar-refractivity contribution in [2.45, 2.75) is 20.8 Å². The zero-order valence-electron chi connectivity index (χ0n) is 8.45. The monoisotopic (exact) mass is 349 g/mol. The molecule has 0 aliphatic carbocycles. The van der Waals surface area contributed by atoms with Crippen LogP contribution in [0.3, 0.4) is 0 Å². The van der Waals surface area contributed by atoms with E-state index < -0.39 is 0 Å². The van der Waals surface area contributed by atoms with Crippen LogP contribution in [0.2, 0.25) is 0 Å². The average Bonchev–Trinajstić information content (AvgIpc) is 1.94. The molecule has 13 heavy (non-hydrogen) atoms. The van der Waals surface area contributed by atoms with Crippen LogP contribution in [0.25, 0.3) is 0 Å². The summed E-state index contributed by atoms with van der Waals surface area (Å²) in [4.78, 5) is 0. The Balaban J connectivity index is 0. The molecule has 0 amide bonds. The molecule has 0 atom stereocenters. The predicted molar refractivity (Wildman–Crippen MR) is 53.1 cm³/mol. The molecule has 1 N–H and O–H groups in total. The second-order valence-electron chi connectivity index (χ2n) is 3.36. The van der Waals surface area contributed by atoms with Crippen LogP contribution in [-0.2, 0) is 21.1 Å². The van der Waals surface area contributed by atoms with Crippen molar-refractivity contribution in [1.29, 1.82) is 0 Å². The van der Waals surface area contributed by atoms with Gasteiger partial charge in [0.2, 0.25) is 0 Å². The third-order valence-corrected chi connectivity index (χ3v) is 0.992. The maximum Gasteiger partial charge on any atom is 0.0102 e. The van der Waals surface area contributed by atoms with Crippen molar-refractivity contribution in [3.63, 3.8) is 0 Å². The summed E-state index contributed by atoms with van der Waals surface area (Å²) >= 11 is 0. The van der Waals surface area contributed by atoms with Crippen LogP contribution in [-0.4, -0.2) is 5.11 Å². The molecule has 1 aromatic carbocycles. The summed E-state index contributed by atoms with van der Waals surface area (Å²) in [5, 5.41) is 8.86.